The van der Waals surface area contributed by atoms with Crippen LogP contribution in [0, 0.1) is 11.6 Å². The van der Waals surface area contributed by atoms with Crippen molar-refractivity contribution >= 4 is 12.4 Å². The maximum Gasteiger partial charge on any atom is 0.126 e. The monoisotopic (exact) mass is 218 g/mol. The lowest BCUT2D eigenvalue weighted by Gasteiger charge is -2.20. The molecule has 0 bridgehead atoms. The SMILES string of the molecule is C=CC(C)(C)c1cc(F)cc(F)c1.Cl. The molecule has 1 aromatic rings. The molecule has 3 heteroatoms. The van der Waals surface area contributed by atoms with Crippen LogP contribution in [-0.4, -0.2) is 0 Å². The number of benzene rings is 1. The smallest absolute Gasteiger partial charge is 0.126 e. The Balaban J connectivity index is 0.00000169. The van der Waals surface area contributed by atoms with Crippen molar-refractivity contribution in [3.8, 4) is 0 Å². The molecule has 0 radical (unpaired) electrons. The average Bonchev–Trinajstić information content (AvgIpc) is 2.02. The third-order valence-corrected chi connectivity index (χ3v) is 2.12. The molecule has 0 fully saturated rings. The van der Waals surface area contributed by atoms with Crippen LogP contribution in [0.1, 0.15) is 19.4 Å². The number of rotatable bonds is 2. The zero-order chi connectivity index (χ0) is 10.1. The topological polar surface area (TPSA) is 0 Å². The van der Waals surface area contributed by atoms with E-state index < -0.39 is 17.0 Å². The van der Waals surface area contributed by atoms with E-state index in [4.69, 9.17) is 0 Å². The highest BCUT2D eigenvalue weighted by atomic mass is 35.5. The third-order valence-electron chi connectivity index (χ3n) is 2.12. The lowest BCUT2D eigenvalue weighted by molar-refractivity contribution is 0.565. The van der Waals surface area contributed by atoms with Gasteiger partial charge in [0.25, 0.3) is 0 Å². The first-order valence-electron chi connectivity index (χ1n) is 4.06. The van der Waals surface area contributed by atoms with E-state index in [1.165, 1.54) is 12.1 Å². The summed E-state index contributed by atoms with van der Waals surface area (Å²) in [6.45, 7) is 7.33. The van der Waals surface area contributed by atoms with Crippen molar-refractivity contribution in [2.24, 2.45) is 0 Å². The van der Waals surface area contributed by atoms with Gasteiger partial charge in [-0.25, -0.2) is 8.78 Å². The van der Waals surface area contributed by atoms with Gasteiger partial charge in [-0.2, -0.15) is 0 Å². The van der Waals surface area contributed by atoms with Crippen LogP contribution in [0.5, 0.6) is 0 Å². The van der Waals surface area contributed by atoms with Gasteiger partial charge >= 0.3 is 0 Å². The van der Waals surface area contributed by atoms with Crippen molar-refractivity contribution in [1.82, 2.24) is 0 Å². The van der Waals surface area contributed by atoms with Gasteiger partial charge in [0.15, 0.2) is 0 Å². The van der Waals surface area contributed by atoms with Crippen LogP contribution in [0.25, 0.3) is 0 Å². The van der Waals surface area contributed by atoms with Gasteiger partial charge in [-0.05, 0) is 17.7 Å². The van der Waals surface area contributed by atoms with Gasteiger partial charge in [0.1, 0.15) is 11.6 Å². The fourth-order valence-corrected chi connectivity index (χ4v) is 1.04. The number of allylic oxidation sites excluding steroid dienone is 1. The van der Waals surface area contributed by atoms with E-state index in [0.29, 0.717) is 5.56 Å². The molecule has 0 amide bonds. The van der Waals surface area contributed by atoms with Gasteiger partial charge in [0.05, 0.1) is 0 Å². The maximum absolute atomic E-state index is 12.8. The molecule has 0 unspecified atom stereocenters. The Kier molecular flexibility index (Phi) is 4.27. The van der Waals surface area contributed by atoms with Crippen LogP contribution in [0.2, 0.25) is 0 Å². The molecule has 1 aromatic carbocycles. The van der Waals surface area contributed by atoms with Crippen molar-refractivity contribution < 1.29 is 8.78 Å². The van der Waals surface area contributed by atoms with Crippen LogP contribution in [0.4, 0.5) is 8.78 Å². The van der Waals surface area contributed by atoms with E-state index in [1.54, 1.807) is 6.08 Å². The molecule has 0 aliphatic rings. The normalized spacial score (nSPS) is 10.6. The summed E-state index contributed by atoms with van der Waals surface area (Å²) in [6.07, 6.45) is 1.67. The van der Waals surface area contributed by atoms with Gasteiger partial charge in [0.2, 0.25) is 0 Å². The van der Waals surface area contributed by atoms with Crippen molar-refractivity contribution in [3.05, 3.63) is 48.1 Å². The minimum Gasteiger partial charge on any atom is -0.207 e. The summed E-state index contributed by atoms with van der Waals surface area (Å²) in [5, 5.41) is 0. The predicted octanol–water partition coefficient (Wildman–Crippen LogP) is 3.85. The van der Waals surface area contributed by atoms with Crippen molar-refractivity contribution in [1.29, 1.82) is 0 Å². The first-order chi connectivity index (χ1) is 5.95. The molecular weight excluding hydrogens is 206 g/mol. The van der Waals surface area contributed by atoms with Gasteiger partial charge < -0.3 is 0 Å². The highest BCUT2D eigenvalue weighted by Gasteiger charge is 2.17. The molecule has 14 heavy (non-hydrogen) atoms. The van der Waals surface area contributed by atoms with Gasteiger partial charge in [0, 0.05) is 11.5 Å². The average molecular weight is 219 g/mol. The molecule has 78 valence electrons. The highest BCUT2D eigenvalue weighted by molar-refractivity contribution is 5.85. The molecule has 1 rings (SSSR count). The van der Waals surface area contributed by atoms with E-state index in [1.807, 2.05) is 13.8 Å². The summed E-state index contributed by atoms with van der Waals surface area (Å²) in [7, 11) is 0. The zero-order valence-electron chi connectivity index (χ0n) is 8.18. The summed E-state index contributed by atoms with van der Waals surface area (Å²) in [5.74, 6) is -1.10. The Morgan fingerprint density at radius 1 is 1.14 bits per heavy atom. The lowest BCUT2D eigenvalue weighted by Crippen LogP contribution is -2.13. The fourth-order valence-electron chi connectivity index (χ4n) is 1.04. The first-order valence-corrected chi connectivity index (χ1v) is 4.06. The zero-order valence-corrected chi connectivity index (χ0v) is 9.00. The van der Waals surface area contributed by atoms with Crippen LogP contribution in [0.3, 0.4) is 0 Å². The van der Waals surface area contributed by atoms with Crippen molar-refractivity contribution in [3.63, 3.8) is 0 Å². The van der Waals surface area contributed by atoms with E-state index in [0.717, 1.165) is 6.07 Å². The second kappa shape index (κ2) is 4.56. The molecule has 0 heterocycles. The molecule has 0 atom stereocenters. The summed E-state index contributed by atoms with van der Waals surface area (Å²) in [6, 6.07) is 3.51. The van der Waals surface area contributed by atoms with Gasteiger partial charge in [-0.3, -0.25) is 0 Å². The van der Waals surface area contributed by atoms with Crippen molar-refractivity contribution in [2.75, 3.05) is 0 Å². The first kappa shape index (κ1) is 13.1. The minimum absolute atomic E-state index is 0. The third kappa shape index (κ3) is 2.81. The summed E-state index contributed by atoms with van der Waals surface area (Å²) >= 11 is 0. The molecule has 0 saturated carbocycles. The molecule has 0 nitrogen and oxygen atoms in total. The van der Waals surface area contributed by atoms with E-state index in [9.17, 15) is 8.78 Å². The Hall–Kier alpha value is -0.890. The predicted molar refractivity (Wildman–Crippen MR) is 56.8 cm³/mol. The molecule has 0 aromatic heterocycles. The van der Waals surface area contributed by atoms with E-state index >= 15 is 0 Å². The van der Waals surface area contributed by atoms with Gasteiger partial charge in [-0.15, -0.1) is 19.0 Å². The largest absolute Gasteiger partial charge is 0.207 e. The van der Waals surface area contributed by atoms with Crippen LogP contribution in [0.15, 0.2) is 30.9 Å². The Labute approximate surface area is 89.1 Å². The second-order valence-corrected chi connectivity index (χ2v) is 3.58. The van der Waals surface area contributed by atoms with Crippen LogP contribution >= 0.6 is 12.4 Å². The van der Waals surface area contributed by atoms with E-state index in [-0.39, 0.29) is 12.4 Å². The Morgan fingerprint density at radius 3 is 1.93 bits per heavy atom. The molecule has 0 saturated heterocycles. The standard InChI is InChI=1S/C11H12F2.ClH/c1-4-11(2,3)8-5-9(12)7-10(13)6-8;/h4-7H,1H2,2-3H3;1H. The van der Waals surface area contributed by atoms with Crippen LogP contribution in [-0.2, 0) is 5.41 Å². The second-order valence-electron chi connectivity index (χ2n) is 3.58. The number of hydrogen-bond acceptors (Lipinski definition) is 0. The number of halogens is 3. The highest BCUT2D eigenvalue weighted by Crippen LogP contribution is 2.25. The Morgan fingerprint density at radius 2 is 1.57 bits per heavy atom. The molecular formula is C11H13ClF2. The summed E-state index contributed by atoms with van der Waals surface area (Å²) in [5.41, 5.74) is 0.197. The lowest BCUT2D eigenvalue weighted by atomic mass is 9.85. The Bertz CT molecular complexity index is 312. The summed E-state index contributed by atoms with van der Waals surface area (Å²) in [4.78, 5) is 0. The fraction of sp³-hybridized carbons (Fsp3) is 0.273. The maximum atomic E-state index is 12.8. The molecule has 0 spiro atoms. The number of hydrogen-bond donors (Lipinski definition) is 0. The van der Waals surface area contributed by atoms with E-state index in [2.05, 4.69) is 6.58 Å². The minimum atomic E-state index is -0.551. The van der Waals surface area contributed by atoms with Crippen LogP contribution < -0.4 is 0 Å². The summed E-state index contributed by atoms with van der Waals surface area (Å²) < 4.78 is 25.6. The quantitative estimate of drug-likeness (QED) is 0.662. The molecule has 0 aliphatic heterocycles. The van der Waals surface area contributed by atoms with Crippen molar-refractivity contribution in [2.45, 2.75) is 19.3 Å². The van der Waals surface area contributed by atoms with Gasteiger partial charge in [-0.1, -0.05) is 19.9 Å². The molecule has 0 N–H and O–H groups in total. The molecule has 0 aliphatic carbocycles.